The van der Waals surface area contributed by atoms with Crippen LogP contribution in [0.5, 0.6) is 0 Å². The number of aromatic nitrogens is 2. The van der Waals surface area contributed by atoms with E-state index in [0.29, 0.717) is 11.6 Å². The monoisotopic (exact) mass is 350 g/mol. The van der Waals surface area contributed by atoms with Crippen LogP contribution in [0.4, 0.5) is 11.6 Å². The lowest BCUT2D eigenvalue weighted by Gasteiger charge is -2.45. The summed E-state index contributed by atoms with van der Waals surface area (Å²) in [6, 6.07) is 1.73. The van der Waals surface area contributed by atoms with Crippen LogP contribution in [0.2, 0.25) is 0 Å². The van der Waals surface area contributed by atoms with E-state index in [1.807, 2.05) is 0 Å². The van der Waals surface area contributed by atoms with Gasteiger partial charge in [0.25, 0.3) is 0 Å². The molecule has 1 saturated carbocycles. The number of rotatable bonds is 3. The molecular formula is C20H26N6. The van der Waals surface area contributed by atoms with Gasteiger partial charge in [-0.3, -0.25) is 0 Å². The second-order valence-electron chi connectivity index (χ2n) is 7.22. The second kappa shape index (κ2) is 6.20. The van der Waals surface area contributed by atoms with Crippen LogP contribution in [-0.4, -0.2) is 20.5 Å². The minimum absolute atomic E-state index is 0.103. The van der Waals surface area contributed by atoms with E-state index in [2.05, 4.69) is 51.7 Å². The first-order valence-electron chi connectivity index (χ1n) is 9.30. The Morgan fingerprint density at radius 1 is 1.27 bits per heavy atom. The molecule has 0 bridgehead atoms. The molecule has 1 aliphatic carbocycles. The highest BCUT2D eigenvalue weighted by atomic mass is 15.4. The second-order valence-corrected chi connectivity index (χ2v) is 7.22. The Morgan fingerprint density at radius 2 is 2.04 bits per heavy atom. The molecule has 3 aliphatic rings. The number of nitrogen functional groups attached to an aromatic ring is 1. The number of fused-ring (bicyclic) bond motifs is 2. The first-order valence-corrected chi connectivity index (χ1v) is 9.30. The van der Waals surface area contributed by atoms with Crippen LogP contribution in [0.15, 0.2) is 60.0 Å². The van der Waals surface area contributed by atoms with Gasteiger partial charge >= 0.3 is 0 Å². The quantitative estimate of drug-likeness (QED) is 0.773. The molecule has 0 amide bonds. The molecule has 0 unspecified atom stereocenters. The van der Waals surface area contributed by atoms with E-state index in [-0.39, 0.29) is 5.66 Å². The number of nitrogens with zero attached hydrogens (tertiary/aromatic N) is 3. The van der Waals surface area contributed by atoms with Crippen molar-refractivity contribution in [1.29, 1.82) is 0 Å². The number of hydrogen-bond acceptors (Lipinski definition) is 6. The van der Waals surface area contributed by atoms with Gasteiger partial charge in [-0.15, -0.1) is 0 Å². The van der Waals surface area contributed by atoms with E-state index in [1.165, 1.54) is 36.9 Å². The first-order chi connectivity index (χ1) is 12.5. The average molecular weight is 350 g/mol. The Hall–Kier alpha value is -2.76. The molecule has 136 valence electrons. The molecule has 26 heavy (non-hydrogen) atoms. The summed E-state index contributed by atoms with van der Waals surface area (Å²) in [6.45, 7) is 10.9. The van der Waals surface area contributed by atoms with Gasteiger partial charge in [-0.2, -0.15) is 0 Å². The zero-order chi connectivity index (χ0) is 18.3. The maximum atomic E-state index is 5.79. The molecule has 3 heterocycles. The molecule has 2 fully saturated rings. The van der Waals surface area contributed by atoms with Crippen LogP contribution in [0, 0.1) is 0 Å². The van der Waals surface area contributed by atoms with Crippen LogP contribution in [0.25, 0.3) is 0 Å². The Balaban J connectivity index is 1.74. The number of allylic oxidation sites excluding steroid dienone is 2. The van der Waals surface area contributed by atoms with Gasteiger partial charge in [0.05, 0.1) is 22.8 Å². The molecule has 1 aromatic rings. The molecule has 4 N–H and O–H groups in total. The maximum absolute atomic E-state index is 5.79. The van der Waals surface area contributed by atoms with Crippen LogP contribution in [0.3, 0.4) is 0 Å². The van der Waals surface area contributed by atoms with Crippen LogP contribution < -0.4 is 16.4 Å². The topological polar surface area (TPSA) is 79.1 Å². The van der Waals surface area contributed by atoms with E-state index in [0.717, 1.165) is 36.4 Å². The summed E-state index contributed by atoms with van der Waals surface area (Å²) in [4.78, 5) is 10.6. The molecule has 0 radical (unpaired) electrons. The molecule has 4 rings (SSSR count). The fourth-order valence-electron chi connectivity index (χ4n) is 4.36. The molecule has 1 spiro atoms. The molecular weight excluding hydrogens is 324 g/mol. The molecule has 2 aliphatic heterocycles. The van der Waals surface area contributed by atoms with Gasteiger partial charge in [0.1, 0.15) is 23.6 Å². The van der Waals surface area contributed by atoms with Gasteiger partial charge in [0, 0.05) is 6.07 Å². The number of nitrogens with one attached hydrogen (secondary N) is 2. The van der Waals surface area contributed by atoms with E-state index in [1.54, 1.807) is 6.07 Å². The summed E-state index contributed by atoms with van der Waals surface area (Å²) in [5.74, 6) is 1.11. The summed E-state index contributed by atoms with van der Waals surface area (Å²) in [6.07, 6.45) is 10.5. The number of anilines is 2. The van der Waals surface area contributed by atoms with Gasteiger partial charge < -0.3 is 21.3 Å². The number of nitrogens with two attached hydrogens (primary N) is 1. The summed E-state index contributed by atoms with van der Waals surface area (Å²) < 4.78 is 0. The standard InChI is InChI=1S/C20H26N6/c1-4-15-10-16(24-18-11-17(21)22-12-23-18)14(3)26-19(15)13(2)25-20(26)8-6-5-7-9-20/h10-12,25H,2-9H2,1H3,(H3,21,22,23,24). The van der Waals surface area contributed by atoms with Crippen molar-refractivity contribution >= 4 is 11.6 Å². The van der Waals surface area contributed by atoms with E-state index in [9.17, 15) is 0 Å². The highest BCUT2D eigenvalue weighted by Gasteiger charge is 2.48. The average Bonchev–Trinajstić information content (AvgIpc) is 2.90. The lowest BCUT2D eigenvalue weighted by molar-refractivity contribution is 0.124. The van der Waals surface area contributed by atoms with Crippen molar-refractivity contribution in [2.45, 2.75) is 51.1 Å². The van der Waals surface area contributed by atoms with E-state index < -0.39 is 0 Å². The maximum Gasteiger partial charge on any atom is 0.135 e. The Bertz CT molecular complexity index is 828. The molecule has 6 nitrogen and oxygen atoms in total. The fraction of sp³-hybridized carbons (Fsp3) is 0.400. The SMILES string of the molecule is C=C1NC2(CCCCC2)N2C(=C)C(Nc3cc(N)ncn3)=CC(CC)=C12. The summed E-state index contributed by atoms with van der Waals surface area (Å²) >= 11 is 0. The summed E-state index contributed by atoms with van der Waals surface area (Å²) in [5.41, 5.74) is 11.0. The molecule has 6 heteroatoms. The smallest absolute Gasteiger partial charge is 0.135 e. The number of hydrogen-bond donors (Lipinski definition) is 3. The predicted molar refractivity (Wildman–Crippen MR) is 105 cm³/mol. The first kappa shape index (κ1) is 16.7. The predicted octanol–water partition coefficient (Wildman–Crippen LogP) is 3.63. The third kappa shape index (κ3) is 2.57. The Labute approximate surface area is 154 Å². The van der Waals surface area contributed by atoms with Crippen molar-refractivity contribution in [2.75, 3.05) is 11.1 Å². The summed E-state index contributed by atoms with van der Waals surface area (Å²) in [7, 11) is 0. The highest BCUT2D eigenvalue weighted by Crippen LogP contribution is 2.48. The Morgan fingerprint density at radius 3 is 2.73 bits per heavy atom. The van der Waals surface area contributed by atoms with Crippen molar-refractivity contribution < 1.29 is 0 Å². The van der Waals surface area contributed by atoms with Crippen molar-refractivity contribution in [3.05, 3.63) is 60.0 Å². The third-order valence-electron chi connectivity index (χ3n) is 5.54. The summed E-state index contributed by atoms with van der Waals surface area (Å²) in [5, 5.41) is 7.09. The van der Waals surface area contributed by atoms with Gasteiger partial charge in [-0.25, -0.2) is 9.97 Å². The van der Waals surface area contributed by atoms with E-state index in [4.69, 9.17) is 5.73 Å². The molecule has 0 atom stereocenters. The highest BCUT2D eigenvalue weighted by molar-refractivity contribution is 5.60. The van der Waals surface area contributed by atoms with Crippen LogP contribution in [0.1, 0.15) is 45.4 Å². The largest absolute Gasteiger partial charge is 0.384 e. The minimum atomic E-state index is -0.103. The van der Waals surface area contributed by atoms with Crippen LogP contribution >= 0.6 is 0 Å². The Kier molecular flexibility index (Phi) is 3.98. The van der Waals surface area contributed by atoms with Crippen molar-refractivity contribution in [3.8, 4) is 0 Å². The van der Waals surface area contributed by atoms with Crippen molar-refractivity contribution in [3.63, 3.8) is 0 Å². The van der Waals surface area contributed by atoms with Gasteiger partial charge in [-0.1, -0.05) is 26.5 Å². The third-order valence-corrected chi connectivity index (χ3v) is 5.54. The molecule has 1 aromatic heterocycles. The van der Waals surface area contributed by atoms with E-state index >= 15 is 0 Å². The lowest BCUT2D eigenvalue weighted by atomic mass is 9.87. The minimum Gasteiger partial charge on any atom is -0.384 e. The van der Waals surface area contributed by atoms with Gasteiger partial charge in [0.15, 0.2) is 0 Å². The normalized spacial score (nSPS) is 21.6. The zero-order valence-electron chi connectivity index (χ0n) is 15.3. The lowest BCUT2D eigenvalue weighted by Crippen LogP contribution is -2.52. The molecule has 0 aromatic carbocycles. The van der Waals surface area contributed by atoms with Crippen LogP contribution in [-0.2, 0) is 0 Å². The zero-order valence-corrected chi connectivity index (χ0v) is 15.3. The van der Waals surface area contributed by atoms with Crippen molar-refractivity contribution in [1.82, 2.24) is 20.2 Å². The van der Waals surface area contributed by atoms with Crippen molar-refractivity contribution in [2.24, 2.45) is 0 Å². The fourth-order valence-corrected chi connectivity index (χ4v) is 4.36. The molecule has 1 saturated heterocycles. The van der Waals surface area contributed by atoms with Gasteiger partial charge in [0.2, 0.25) is 0 Å². The van der Waals surface area contributed by atoms with Gasteiger partial charge in [-0.05, 0) is 43.8 Å².